The third-order valence-corrected chi connectivity index (χ3v) is 5.77. The number of likely N-dealkylation sites (N-methyl/N-ethyl adjacent to an activating group) is 1. The summed E-state index contributed by atoms with van der Waals surface area (Å²) in [4.78, 5) is 14.5. The number of fused-ring (bicyclic) bond motifs is 1. The number of piperazine rings is 1. The summed E-state index contributed by atoms with van der Waals surface area (Å²) in [5.41, 5.74) is 2.29. The number of rotatable bonds is 9. The van der Waals surface area contributed by atoms with Gasteiger partial charge >= 0.3 is 0 Å². The van der Waals surface area contributed by atoms with Gasteiger partial charge in [-0.3, -0.25) is 4.99 Å². The highest BCUT2D eigenvalue weighted by Crippen LogP contribution is 2.15. The number of halogens is 1. The first-order valence-electron chi connectivity index (χ1n) is 11.4. The lowest BCUT2D eigenvalue weighted by molar-refractivity contribution is 0.140. The molecule has 1 aliphatic rings. The second kappa shape index (κ2) is 13.2. The molecule has 8 heteroatoms. The van der Waals surface area contributed by atoms with E-state index >= 15 is 0 Å². The van der Waals surface area contributed by atoms with Crippen molar-refractivity contribution >= 4 is 41.0 Å². The Morgan fingerprint density at radius 3 is 2.65 bits per heavy atom. The fourth-order valence-electron chi connectivity index (χ4n) is 4.04. The van der Waals surface area contributed by atoms with E-state index in [1.165, 1.54) is 31.7 Å². The zero-order valence-corrected chi connectivity index (χ0v) is 21.9. The average molecular weight is 542 g/mol. The lowest BCUT2D eigenvalue weighted by Gasteiger charge is -2.33. The van der Waals surface area contributed by atoms with Gasteiger partial charge < -0.3 is 25.0 Å². The Morgan fingerprint density at radius 2 is 1.90 bits per heavy atom. The van der Waals surface area contributed by atoms with Crippen LogP contribution in [0.15, 0.2) is 29.3 Å². The van der Waals surface area contributed by atoms with Crippen molar-refractivity contribution < 1.29 is 0 Å². The van der Waals surface area contributed by atoms with Crippen LogP contribution in [0.2, 0.25) is 0 Å². The van der Waals surface area contributed by atoms with E-state index in [0.717, 1.165) is 56.4 Å². The van der Waals surface area contributed by atoms with E-state index in [0.29, 0.717) is 5.92 Å². The van der Waals surface area contributed by atoms with E-state index in [-0.39, 0.29) is 24.0 Å². The summed E-state index contributed by atoms with van der Waals surface area (Å²) >= 11 is 0. The van der Waals surface area contributed by atoms with Gasteiger partial charge in [-0.2, -0.15) is 0 Å². The van der Waals surface area contributed by atoms with Gasteiger partial charge in [-0.15, -0.1) is 24.0 Å². The predicted octanol–water partition coefficient (Wildman–Crippen LogP) is 2.79. The van der Waals surface area contributed by atoms with Crippen LogP contribution in [-0.4, -0.2) is 84.7 Å². The third-order valence-electron chi connectivity index (χ3n) is 5.77. The maximum absolute atomic E-state index is 4.83. The molecule has 1 aromatic heterocycles. The summed E-state index contributed by atoms with van der Waals surface area (Å²) < 4.78 is 2.30. The number of guanidine groups is 1. The van der Waals surface area contributed by atoms with Crippen LogP contribution in [0.5, 0.6) is 0 Å². The topological polar surface area (TPSA) is 60.7 Å². The molecule has 1 atom stereocenters. The molecule has 0 saturated carbocycles. The van der Waals surface area contributed by atoms with Gasteiger partial charge in [0.25, 0.3) is 0 Å². The van der Waals surface area contributed by atoms with Crippen molar-refractivity contribution in [2.24, 2.45) is 10.9 Å². The van der Waals surface area contributed by atoms with Gasteiger partial charge in [0.05, 0.1) is 11.0 Å². The number of aliphatic imine (C=N–C) groups is 1. The van der Waals surface area contributed by atoms with Crippen LogP contribution >= 0.6 is 24.0 Å². The molecular weight excluding hydrogens is 501 g/mol. The molecule has 1 aromatic carbocycles. The minimum absolute atomic E-state index is 0. The van der Waals surface area contributed by atoms with Crippen molar-refractivity contribution in [3.63, 3.8) is 0 Å². The quantitative estimate of drug-likeness (QED) is 0.221. The first kappa shape index (κ1) is 25.9. The molecule has 0 radical (unpaired) electrons. The molecule has 2 heterocycles. The van der Waals surface area contributed by atoms with Crippen molar-refractivity contribution in [3.05, 3.63) is 30.1 Å². The van der Waals surface area contributed by atoms with E-state index in [2.05, 4.69) is 76.0 Å². The molecule has 1 aliphatic heterocycles. The number of imidazole rings is 1. The molecule has 2 aromatic rings. The highest BCUT2D eigenvalue weighted by atomic mass is 127. The van der Waals surface area contributed by atoms with Gasteiger partial charge in [-0.25, -0.2) is 4.98 Å². The Kier molecular flexibility index (Phi) is 11.0. The molecule has 0 spiro atoms. The summed E-state index contributed by atoms with van der Waals surface area (Å²) in [6.45, 7) is 15.9. The van der Waals surface area contributed by atoms with Crippen molar-refractivity contribution in [2.45, 2.75) is 33.7 Å². The molecule has 1 fully saturated rings. The van der Waals surface area contributed by atoms with Crippen LogP contribution in [0.25, 0.3) is 11.0 Å². The van der Waals surface area contributed by atoms with Gasteiger partial charge in [0, 0.05) is 58.9 Å². The largest absolute Gasteiger partial charge is 0.357 e. The summed E-state index contributed by atoms with van der Waals surface area (Å²) in [6.07, 6.45) is 1.03. The van der Waals surface area contributed by atoms with Crippen LogP contribution in [0.3, 0.4) is 0 Å². The predicted molar refractivity (Wildman–Crippen MR) is 142 cm³/mol. The number of aromatic nitrogens is 2. The Morgan fingerprint density at radius 1 is 1.16 bits per heavy atom. The molecule has 174 valence electrons. The van der Waals surface area contributed by atoms with E-state index in [9.17, 15) is 0 Å². The normalized spacial score (nSPS) is 16.8. The molecule has 0 amide bonds. The highest BCUT2D eigenvalue weighted by Gasteiger charge is 2.16. The van der Waals surface area contributed by atoms with Crippen LogP contribution in [-0.2, 0) is 6.54 Å². The monoisotopic (exact) mass is 541 g/mol. The van der Waals surface area contributed by atoms with Crippen LogP contribution in [0, 0.1) is 12.8 Å². The van der Waals surface area contributed by atoms with E-state index in [1.807, 2.05) is 6.07 Å². The van der Waals surface area contributed by atoms with Crippen LogP contribution in [0.1, 0.15) is 26.1 Å². The highest BCUT2D eigenvalue weighted by molar-refractivity contribution is 14.0. The van der Waals surface area contributed by atoms with E-state index in [4.69, 9.17) is 4.99 Å². The number of nitrogens with zero attached hydrogens (tertiary/aromatic N) is 5. The smallest absolute Gasteiger partial charge is 0.191 e. The minimum Gasteiger partial charge on any atom is -0.357 e. The number of benzene rings is 1. The molecule has 7 nitrogen and oxygen atoms in total. The molecule has 1 saturated heterocycles. The fraction of sp³-hybridized carbons (Fsp3) is 0.652. The summed E-state index contributed by atoms with van der Waals surface area (Å²) in [5, 5.41) is 6.88. The van der Waals surface area contributed by atoms with E-state index in [1.54, 1.807) is 0 Å². The number of aryl methyl sites for hydroxylation is 2. The van der Waals surface area contributed by atoms with Crippen LogP contribution in [0.4, 0.5) is 0 Å². The Hall–Kier alpha value is -1.39. The standard InChI is InChI=1S/C23H39N7.HI/c1-5-24-23(26-17-19(2)18-29-15-13-28(4)14-16-29)25-11-8-12-30-20(3)27-21-9-6-7-10-22(21)30;/h6-7,9-10,19H,5,8,11-18H2,1-4H3,(H2,24,25,26);1H. The number of nitrogens with one attached hydrogen (secondary N) is 2. The van der Waals surface area contributed by atoms with Gasteiger partial charge in [0.2, 0.25) is 0 Å². The average Bonchev–Trinajstić information content (AvgIpc) is 3.06. The molecule has 0 bridgehead atoms. The summed E-state index contributed by atoms with van der Waals surface area (Å²) in [7, 11) is 2.20. The Balaban J connectivity index is 0.00000341. The Bertz CT molecular complexity index is 811. The first-order chi connectivity index (χ1) is 14.6. The minimum atomic E-state index is 0. The molecule has 2 N–H and O–H groups in total. The fourth-order valence-corrected chi connectivity index (χ4v) is 4.04. The number of hydrogen-bond acceptors (Lipinski definition) is 4. The van der Waals surface area contributed by atoms with Crippen molar-refractivity contribution in [1.29, 1.82) is 0 Å². The van der Waals surface area contributed by atoms with Gasteiger partial charge in [0.15, 0.2) is 5.96 Å². The molecule has 31 heavy (non-hydrogen) atoms. The maximum Gasteiger partial charge on any atom is 0.191 e. The summed E-state index contributed by atoms with van der Waals surface area (Å²) in [5.74, 6) is 2.56. The van der Waals surface area contributed by atoms with Gasteiger partial charge in [-0.05, 0) is 45.4 Å². The lowest BCUT2D eigenvalue weighted by atomic mass is 10.1. The Labute approximate surface area is 204 Å². The van der Waals surface area contributed by atoms with Crippen LogP contribution < -0.4 is 10.6 Å². The molecule has 1 unspecified atom stereocenters. The van der Waals surface area contributed by atoms with Gasteiger partial charge in [-0.1, -0.05) is 19.1 Å². The van der Waals surface area contributed by atoms with Gasteiger partial charge in [0.1, 0.15) is 5.82 Å². The SMILES string of the molecule is CCNC(=NCC(C)CN1CCN(C)CC1)NCCCn1c(C)nc2ccccc21.I. The maximum atomic E-state index is 4.83. The zero-order valence-electron chi connectivity index (χ0n) is 19.6. The molecular formula is C23H40IN7. The molecule has 0 aliphatic carbocycles. The van der Waals surface area contributed by atoms with Crippen molar-refractivity contribution in [3.8, 4) is 0 Å². The summed E-state index contributed by atoms with van der Waals surface area (Å²) in [6, 6.07) is 8.36. The molecule has 3 rings (SSSR count). The second-order valence-electron chi connectivity index (χ2n) is 8.51. The third kappa shape index (κ3) is 7.91. The second-order valence-corrected chi connectivity index (χ2v) is 8.51. The lowest BCUT2D eigenvalue weighted by Crippen LogP contribution is -2.46. The number of para-hydroxylation sites is 2. The number of hydrogen-bond donors (Lipinski definition) is 2. The van der Waals surface area contributed by atoms with E-state index < -0.39 is 0 Å². The first-order valence-corrected chi connectivity index (χ1v) is 11.4. The van der Waals surface area contributed by atoms with Crippen molar-refractivity contribution in [1.82, 2.24) is 30.0 Å². The zero-order chi connectivity index (χ0) is 21.3. The van der Waals surface area contributed by atoms with Crippen molar-refractivity contribution in [2.75, 3.05) is 59.4 Å².